The summed E-state index contributed by atoms with van der Waals surface area (Å²) in [6.07, 6.45) is 0. The average Bonchev–Trinajstić information content (AvgIpc) is 2.32. The van der Waals surface area contributed by atoms with E-state index in [1.807, 2.05) is 0 Å². The van der Waals surface area contributed by atoms with Crippen molar-refractivity contribution in [3.8, 4) is 11.1 Å². The SMILES string of the molecule is Nc1cc(-c2ccc(F)cc2)c(Cl)cc1C(=O)O. The lowest BCUT2D eigenvalue weighted by atomic mass is 10.0. The van der Waals surface area contributed by atoms with Gasteiger partial charge < -0.3 is 10.8 Å². The zero-order valence-corrected chi connectivity index (χ0v) is 9.91. The number of carboxylic acid groups (broad SMARTS) is 1. The first-order valence-corrected chi connectivity index (χ1v) is 5.45. The van der Waals surface area contributed by atoms with E-state index in [-0.39, 0.29) is 22.1 Å². The minimum Gasteiger partial charge on any atom is -0.478 e. The first-order valence-electron chi connectivity index (χ1n) is 5.07. The van der Waals surface area contributed by atoms with Crippen LogP contribution in [0.3, 0.4) is 0 Å². The number of hydrogen-bond donors (Lipinski definition) is 2. The second-order valence-electron chi connectivity index (χ2n) is 3.73. The number of carbonyl (C=O) groups is 1. The molecule has 0 saturated heterocycles. The highest BCUT2D eigenvalue weighted by Crippen LogP contribution is 2.32. The van der Waals surface area contributed by atoms with Crippen LogP contribution in [0.25, 0.3) is 11.1 Å². The fraction of sp³-hybridized carbons (Fsp3) is 0. The summed E-state index contributed by atoms with van der Waals surface area (Å²) in [6.45, 7) is 0. The van der Waals surface area contributed by atoms with Gasteiger partial charge in [-0.05, 0) is 29.8 Å². The number of carboxylic acids is 1. The van der Waals surface area contributed by atoms with Gasteiger partial charge in [-0.1, -0.05) is 23.7 Å². The Balaban J connectivity index is 2.56. The number of nitrogen functional groups attached to an aromatic ring is 1. The lowest BCUT2D eigenvalue weighted by Gasteiger charge is -2.08. The van der Waals surface area contributed by atoms with Gasteiger partial charge in [0.15, 0.2) is 0 Å². The topological polar surface area (TPSA) is 63.3 Å². The first-order chi connectivity index (χ1) is 8.49. The number of benzene rings is 2. The van der Waals surface area contributed by atoms with Gasteiger partial charge in [0.1, 0.15) is 5.82 Å². The van der Waals surface area contributed by atoms with Crippen molar-refractivity contribution in [2.45, 2.75) is 0 Å². The highest BCUT2D eigenvalue weighted by Gasteiger charge is 2.13. The number of hydrogen-bond acceptors (Lipinski definition) is 2. The second-order valence-corrected chi connectivity index (χ2v) is 4.14. The quantitative estimate of drug-likeness (QED) is 0.818. The molecule has 0 bridgehead atoms. The van der Waals surface area contributed by atoms with Gasteiger partial charge in [-0.15, -0.1) is 0 Å². The largest absolute Gasteiger partial charge is 0.478 e. The third-order valence-corrected chi connectivity index (χ3v) is 2.84. The molecule has 0 fully saturated rings. The molecular weight excluding hydrogens is 257 g/mol. The summed E-state index contributed by atoms with van der Waals surface area (Å²) >= 11 is 6.01. The van der Waals surface area contributed by atoms with Crippen LogP contribution >= 0.6 is 11.6 Å². The van der Waals surface area contributed by atoms with E-state index in [1.54, 1.807) is 12.1 Å². The molecule has 0 amide bonds. The highest BCUT2D eigenvalue weighted by atomic mass is 35.5. The maximum absolute atomic E-state index is 12.8. The Bertz CT molecular complexity index is 611. The number of aromatic carboxylic acids is 1. The van der Waals surface area contributed by atoms with Crippen molar-refractivity contribution in [2.75, 3.05) is 5.73 Å². The Labute approximate surface area is 108 Å². The molecule has 0 atom stereocenters. The van der Waals surface area contributed by atoms with E-state index in [0.29, 0.717) is 11.1 Å². The molecule has 18 heavy (non-hydrogen) atoms. The van der Waals surface area contributed by atoms with Crippen molar-refractivity contribution in [1.29, 1.82) is 0 Å². The second kappa shape index (κ2) is 4.66. The number of halogens is 2. The zero-order valence-electron chi connectivity index (χ0n) is 9.15. The maximum atomic E-state index is 12.8. The fourth-order valence-corrected chi connectivity index (χ4v) is 1.90. The van der Waals surface area contributed by atoms with Gasteiger partial charge in [0, 0.05) is 16.3 Å². The van der Waals surface area contributed by atoms with Gasteiger partial charge in [-0.25, -0.2) is 9.18 Å². The molecule has 0 aromatic heterocycles. The molecule has 92 valence electrons. The lowest BCUT2D eigenvalue weighted by molar-refractivity contribution is 0.0698. The normalized spacial score (nSPS) is 10.3. The Hall–Kier alpha value is -2.07. The van der Waals surface area contributed by atoms with Crippen molar-refractivity contribution >= 4 is 23.3 Å². The molecular formula is C13H9ClFNO2. The van der Waals surface area contributed by atoms with E-state index >= 15 is 0 Å². The third kappa shape index (κ3) is 2.28. The molecule has 3 N–H and O–H groups in total. The summed E-state index contributed by atoms with van der Waals surface area (Å²) in [5.41, 5.74) is 6.95. The molecule has 2 aromatic carbocycles. The van der Waals surface area contributed by atoms with Crippen LogP contribution in [0.5, 0.6) is 0 Å². The molecule has 3 nitrogen and oxygen atoms in total. The van der Waals surface area contributed by atoms with Crippen molar-refractivity contribution in [1.82, 2.24) is 0 Å². The van der Waals surface area contributed by atoms with Crippen LogP contribution in [0.2, 0.25) is 5.02 Å². The van der Waals surface area contributed by atoms with Crippen molar-refractivity contribution < 1.29 is 14.3 Å². The van der Waals surface area contributed by atoms with Crippen LogP contribution in [0.1, 0.15) is 10.4 Å². The Kier molecular flexibility index (Phi) is 3.21. The van der Waals surface area contributed by atoms with Crippen molar-refractivity contribution in [2.24, 2.45) is 0 Å². The molecule has 2 rings (SSSR count). The summed E-state index contributed by atoms with van der Waals surface area (Å²) < 4.78 is 12.8. The molecule has 2 aromatic rings. The molecule has 0 spiro atoms. The number of anilines is 1. The molecule has 0 radical (unpaired) electrons. The smallest absolute Gasteiger partial charge is 0.337 e. The first kappa shape index (κ1) is 12.4. The van der Waals surface area contributed by atoms with E-state index in [2.05, 4.69) is 0 Å². The van der Waals surface area contributed by atoms with E-state index < -0.39 is 5.97 Å². The minimum absolute atomic E-state index is 0.0501. The van der Waals surface area contributed by atoms with E-state index in [1.165, 1.54) is 24.3 Å². The molecule has 0 heterocycles. The molecule has 0 saturated carbocycles. The average molecular weight is 266 g/mol. The van der Waals surface area contributed by atoms with Crippen LogP contribution in [-0.2, 0) is 0 Å². The predicted octanol–water partition coefficient (Wildman–Crippen LogP) is 3.43. The monoisotopic (exact) mass is 265 g/mol. The molecule has 0 aliphatic rings. The fourth-order valence-electron chi connectivity index (χ4n) is 1.63. The van der Waals surface area contributed by atoms with E-state index in [0.717, 1.165) is 0 Å². The van der Waals surface area contributed by atoms with Gasteiger partial charge in [0.2, 0.25) is 0 Å². The number of rotatable bonds is 2. The molecule has 0 aliphatic carbocycles. The van der Waals surface area contributed by atoms with Crippen LogP contribution < -0.4 is 5.73 Å². The Morgan fingerprint density at radius 2 is 1.83 bits per heavy atom. The minimum atomic E-state index is -1.14. The lowest BCUT2D eigenvalue weighted by Crippen LogP contribution is -2.02. The molecule has 0 aliphatic heterocycles. The maximum Gasteiger partial charge on any atom is 0.337 e. The summed E-state index contributed by atoms with van der Waals surface area (Å²) in [7, 11) is 0. The van der Waals surface area contributed by atoms with Crippen LogP contribution in [-0.4, -0.2) is 11.1 Å². The zero-order chi connectivity index (χ0) is 13.3. The summed E-state index contributed by atoms with van der Waals surface area (Å²) in [5.74, 6) is -1.50. The standard InChI is InChI=1S/C13H9ClFNO2/c14-11-5-10(13(17)18)12(16)6-9(11)7-1-3-8(15)4-2-7/h1-6H,16H2,(H,17,18). The van der Waals surface area contributed by atoms with Crippen molar-refractivity contribution in [3.05, 3.63) is 52.8 Å². The summed E-state index contributed by atoms with van der Waals surface area (Å²) in [6, 6.07) is 8.46. The predicted molar refractivity (Wildman–Crippen MR) is 68.2 cm³/mol. The van der Waals surface area contributed by atoms with Gasteiger partial charge in [0.25, 0.3) is 0 Å². The van der Waals surface area contributed by atoms with E-state index in [9.17, 15) is 9.18 Å². The number of nitrogens with two attached hydrogens (primary N) is 1. The summed E-state index contributed by atoms with van der Waals surface area (Å²) in [4.78, 5) is 10.9. The third-order valence-electron chi connectivity index (χ3n) is 2.52. The van der Waals surface area contributed by atoms with Crippen LogP contribution in [0.15, 0.2) is 36.4 Å². The molecule has 5 heteroatoms. The summed E-state index contributed by atoms with van der Waals surface area (Å²) in [5, 5.41) is 9.16. The Morgan fingerprint density at radius 1 is 1.22 bits per heavy atom. The van der Waals surface area contributed by atoms with Crippen LogP contribution in [0, 0.1) is 5.82 Å². The molecule has 0 unspecified atom stereocenters. The van der Waals surface area contributed by atoms with Gasteiger partial charge in [-0.2, -0.15) is 0 Å². The van der Waals surface area contributed by atoms with Gasteiger partial charge in [0.05, 0.1) is 5.56 Å². The van der Waals surface area contributed by atoms with Crippen LogP contribution in [0.4, 0.5) is 10.1 Å². The highest BCUT2D eigenvalue weighted by molar-refractivity contribution is 6.34. The Morgan fingerprint density at radius 3 is 2.39 bits per heavy atom. The van der Waals surface area contributed by atoms with Crippen molar-refractivity contribution in [3.63, 3.8) is 0 Å². The van der Waals surface area contributed by atoms with Gasteiger partial charge >= 0.3 is 5.97 Å². The van der Waals surface area contributed by atoms with E-state index in [4.69, 9.17) is 22.4 Å². The van der Waals surface area contributed by atoms with Gasteiger partial charge in [-0.3, -0.25) is 0 Å².